The summed E-state index contributed by atoms with van der Waals surface area (Å²) in [6.07, 6.45) is 0.915. The average Bonchev–Trinajstić information content (AvgIpc) is 2.58. The zero-order valence-electron chi connectivity index (χ0n) is 13.3. The molecule has 7 nitrogen and oxygen atoms in total. The van der Waals surface area contributed by atoms with Gasteiger partial charge in [0.1, 0.15) is 11.4 Å². The molecule has 0 saturated carbocycles. The van der Waals surface area contributed by atoms with Crippen molar-refractivity contribution in [3.8, 4) is 0 Å². The van der Waals surface area contributed by atoms with E-state index in [1.165, 1.54) is 0 Å². The fraction of sp³-hybridized carbons (Fsp3) is 0.176. The van der Waals surface area contributed by atoms with E-state index in [1.54, 1.807) is 30.1 Å². The predicted octanol–water partition coefficient (Wildman–Crippen LogP) is 2.90. The number of fused-ring (bicyclic) bond motifs is 1. The van der Waals surface area contributed by atoms with Crippen molar-refractivity contribution in [1.29, 1.82) is 0 Å². The fourth-order valence-electron chi connectivity index (χ4n) is 2.78. The van der Waals surface area contributed by atoms with E-state index in [9.17, 15) is 24.1 Å². The highest BCUT2D eigenvalue weighted by molar-refractivity contribution is 6.07. The van der Waals surface area contributed by atoms with Crippen LogP contribution in [0.25, 0.3) is 0 Å². The maximum atomic E-state index is 13.4. The highest BCUT2D eigenvalue weighted by Gasteiger charge is 2.23. The molecule has 1 heterocycles. The smallest absolute Gasteiger partial charge is 0.282 e. The number of nitro benzene ring substituents is 1. The molecule has 8 heteroatoms. The van der Waals surface area contributed by atoms with Crippen molar-refractivity contribution in [2.45, 2.75) is 12.8 Å². The van der Waals surface area contributed by atoms with Gasteiger partial charge in [-0.15, -0.1) is 0 Å². The Hall–Kier alpha value is -3.29. The van der Waals surface area contributed by atoms with Crippen LogP contribution in [0.2, 0.25) is 0 Å². The van der Waals surface area contributed by atoms with Crippen LogP contribution in [0.3, 0.4) is 0 Å². The van der Waals surface area contributed by atoms with Gasteiger partial charge in [-0.1, -0.05) is 0 Å². The van der Waals surface area contributed by atoms with Gasteiger partial charge >= 0.3 is 0 Å². The Morgan fingerprint density at radius 2 is 2.00 bits per heavy atom. The third-order valence-corrected chi connectivity index (χ3v) is 4.08. The lowest BCUT2D eigenvalue weighted by atomic mass is 10.0. The van der Waals surface area contributed by atoms with Crippen LogP contribution >= 0.6 is 0 Å². The normalized spacial score (nSPS) is 13.4. The van der Waals surface area contributed by atoms with Crippen LogP contribution in [-0.4, -0.2) is 23.8 Å². The molecule has 0 fully saturated rings. The quantitative estimate of drug-likeness (QED) is 0.685. The van der Waals surface area contributed by atoms with Gasteiger partial charge in [0.05, 0.1) is 4.92 Å². The van der Waals surface area contributed by atoms with E-state index < -0.39 is 22.3 Å². The summed E-state index contributed by atoms with van der Waals surface area (Å²) in [7, 11) is 1.68. The minimum Gasteiger partial charge on any atom is -0.322 e. The summed E-state index contributed by atoms with van der Waals surface area (Å²) in [5.74, 6) is -1.49. The lowest BCUT2D eigenvalue weighted by Crippen LogP contribution is -2.31. The molecular formula is C17H14FN3O4. The van der Waals surface area contributed by atoms with Gasteiger partial charge < -0.3 is 10.2 Å². The number of nitrogens with one attached hydrogen (secondary N) is 1. The lowest BCUT2D eigenvalue weighted by Gasteiger charge is -2.26. The van der Waals surface area contributed by atoms with Crippen molar-refractivity contribution >= 4 is 28.9 Å². The number of amides is 2. The number of nitro groups is 1. The molecule has 2 aromatic rings. The van der Waals surface area contributed by atoms with Gasteiger partial charge in [-0.3, -0.25) is 19.7 Å². The Kier molecular flexibility index (Phi) is 4.18. The second kappa shape index (κ2) is 6.31. The first-order chi connectivity index (χ1) is 11.9. The van der Waals surface area contributed by atoms with E-state index in [0.717, 1.165) is 29.4 Å². The summed E-state index contributed by atoms with van der Waals surface area (Å²) in [6, 6.07) is 7.72. The molecule has 0 aliphatic carbocycles. The van der Waals surface area contributed by atoms with Gasteiger partial charge in [-0.2, -0.15) is 0 Å². The van der Waals surface area contributed by atoms with Crippen molar-refractivity contribution in [3.63, 3.8) is 0 Å². The van der Waals surface area contributed by atoms with Crippen molar-refractivity contribution in [3.05, 3.63) is 63.5 Å². The Balaban J connectivity index is 1.89. The van der Waals surface area contributed by atoms with Crippen LogP contribution < -0.4 is 10.2 Å². The highest BCUT2D eigenvalue weighted by Crippen LogP contribution is 2.30. The van der Waals surface area contributed by atoms with Crippen molar-refractivity contribution in [1.82, 2.24) is 0 Å². The number of rotatable bonds is 3. The van der Waals surface area contributed by atoms with Gasteiger partial charge in [0.15, 0.2) is 0 Å². The molecule has 128 valence electrons. The molecule has 0 spiro atoms. The van der Waals surface area contributed by atoms with E-state index >= 15 is 0 Å². The number of carbonyl (C=O) groups is 2. The van der Waals surface area contributed by atoms with E-state index in [2.05, 4.69) is 5.32 Å². The summed E-state index contributed by atoms with van der Waals surface area (Å²) < 4.78 is 13.4. The first kappa shape index (κ1) is 16.6. The second-order valence-electron chi connectivity index (χ2n) is 5.67. The molecule has 1 aliphatic rings. The SMILES string of the molecule is CN1C(=O)CCc2cc(NC(=O)c3cc(F)ccc3[N+](=O)[O-])ccc21. The standard InChI is InChI=1S/C17H14FN3O4/c1-20-14-6-4-12(8-10(14)2-7-16(20)22)19-17(23)13-9-11(18)3-5-15(13)21(24)25/h3-6,8-9H,2,7H2,1H3,(H,19,23). The molecule has 0 unspecified atom stereocenters. The molecule has 1 aliphatic heterocycles. The Labute approximate surface area is 142 Å². The maximum Gasteiger partial charge on any atom is 0.282 e. The summed E-state index contributed by atoms with van der Waals surface area (Å²) in [6.45, 7) is 0. The molecule has 2 amide bonds. The molecule has 1 N–H and O–H groups in total. The molecule has 0 radical (unpaired) electrons. The molecular weight excluding hydrogens is 329 g/mol. The molecule has 0 atom stereocenters. The minimum absolute atomic E-state index is 0.0136. The summed E-state index contributed by atoms with van der Waals surface area (Å²) in [5, 5.41) is 13.6. The maximum absolute atomic E-state index is 13.4. The van der Waals surface area contributed by atoms with Crippen LogP contribution in [0.4, 0.5) is 21.5 Å². The van der Waals surface area contributed by atoms with Gasteiger partial charge in [0.25, 0.3) is 11.6 Å². The number of anilines is 2. The van der Waals surface area contributed by atoms with Crippen LogP contribution in [0.5, 0.6) is 0 Å². The molecule has 25 heavy (non-hydrogen) atoms. The van der Waals surface area contributed by atoms with Crippen LogP contribution in [0.15, 0.2) is 36.4 Å². The number of hydrogen-bond donors (Lipinski definition) is 1. The Morgan fingerprint density at radius 1 is 1.24 bits per heavy atom. The van der Waals surface area contributed by atoms with E-state index in [-0.39, 0.29) is 11.5 Å². The number of carbonyl (C=O) groups excluding carboxylic acids is 2. The molecule has 2 aromatic carbocycles. The first-order valence-electron chi connectivity index (χ1n) is 7.51. The lowest BCUT2D eigenvalue weighted by molar-refractivity contribution is -0.385. The first-order valence-corrected chi connectivity index (χ1v) is 7.51. The van der Waals surface area contributed by atoms with Crippen molar-refractivity contribution in [2.75, 3.05) is 17.3 Å². The molecule has 0 bridgehead atoms. The Morgan fingerprint density at radius 3 is 2.72 bits per heavy atom. The summed E-state index contributed by atoms with van der Waals surface area (Å²) >= 11 is 0. The van der Waals surface area contributed by atoms with Gasteiger partial charge in [0, 0.05) is 30.9 Å². The minimum atomic E-state index is -0.772. The van der Waals surface area contributed by atoms with Gasteiger partial charge in [-0.25, -0.2) is 4.39 Å². The highest BCUT2D eigenvalue weighted by atomic mass is 19.1. The summed E-state index contributed by atoms with van der Waals surface area (Å²) in [4.78, 5) is 35.8. The van der Waals surface area contributed by atoms with E-state index in [1.807, 2.05) is 0 Å². The zero-order valence-corrected chi connectivity index (χ0v) is 13.3. The van der Waals surface area contributed by atoms with E-state index in [4.69, 9.17) is 0 Å². The average molecular weight is 343 g/mol. The third kappa shape index (κ3) is 3.18. The second-order valence-corrected chi connectivity index (χ2v) is 5.67. The number of halogens is 1. The third-order valence-electron chi connectivity index (χ3n) is 4.08. The number of aryl methyl sites for hydroxylation is 1. The fourth-order valence-corrected chi connectivity index (χ4v) is 2.78. The topological polar surface area (TPSA) is 92.6 Å². The molecule has 3 rings (SSSR count). The van der Waals surface area contributed by atoms with E-state index in [0.29, 0.717) is 18.5 Å². The van der Waals surface area contributed by atoms with Gasteiger partial charge in [0.2, 0.25) is 5.91 Å². The summed E-state index contributed by atoms with van der Waals surface area (Å²) in [5.41, 5.74) is 1.24. The zero-order chi connectivity index (χ0) is 18.1. The molecule has 0 saturated heterocycles. The van der Waals surface area contributed by atoms with Crippen molar-refractivity contribution in [2.24, 2.45) is 0 Å². The van der Waals surface area contributed by atoms with Crippen molar-refractivity contribution < 1.29 is 18.9 Å². The Bertz CT molecular complexity index is 897. The van der Waals surface area contributed by atoms with Crippen LogP contribution in [0, 0.1) is 15.9 Å². The number of benzene rings is 2. The number of hydrogen-bond acceptors (Lipinski definition) is 4. The monoisotopic (exact) mass is 343 g/mol. The number of nitrogens with zero attached hydrogens (tertiary/aromatic N) is 2. The van der Waals surface area contributed by atoms with Gasteiger partial charge in [-0.05, 0) is 42.3 Å². The van der Waals surface area contributed by atoms with Crippen LogP contribution in [-0.2, 0) is 11.2 Å². The van der Waals surface area contributed by atoms with Crippen LogP contribution in [0.1, 0.15) is 22.3 Å². The predicted molar refractivity (Wildman–Crippen MR) is 89.2 cm³/mol. The largest absolute Gasteiger partial charge is 0.322 e. The molecule has 0 aromatic heterocycles.